The van der Waals surface area contributed by atoms with Crippen molar-refractivity contribution in [2.24, 2.45) is 0 Å². The van der Waals surface area contributed by atoms with Gasteiger partial charge >= 0.3 is 20.1 Å². The van der Waals surface area contributed by atoms with Crippen LogP contribution in [0.5, 0.6) is 0 Å². The molecule has 0 bridgehead atoms. The smallest absolute Gasteiger partial charge is 0.374 e. The molecular weight excluding hydrogens is 478 g/mol. The molecule has 0 radical (unpaired) electrons. The van der Waals surface area contributed by atoms with Gasteiger partial charge in [-0.2, -0.15) is 0 Å². The monoisotopic (exact) mass is 515 g/mol. The molecule has 1 rings (SSSR count). The zero-order chi connectivity index (χ0) is 27.8. The second kappa shape index (κ2) is 17.6. The van der Waals surface area contributed by atoms with Gasteiger partial charge in [0.1, 0.15) is 12.6 Å². The van der Waals surface area contributed by atoms with Crippen LogP contribution in [0.4, 0.5) is 9.59 Å². The molecule has 1 aromatic carbocycles. The van der Waals surface area contributed by atoms with Crippen LogP contribution in [-0.2, 0) is 20.9 Å². The summed E-state index contributed by atoms with van der Waals surface area (Å²) in [5.41, 5.74) is 0.782. The summed E-state index contributed by atoms with van der Waals surface area (Å²) in [6.45, 7) is 4.45. The van der Waals surface area contributed by atoms with Crippen LogP contribution in [0.15, 0.2) is 30.3 Å². The van der Waals surface area contributed by atoms with Crippen LogP contribution in [0.3, 0.4) is 0 Å². The van der Waals surface area contributed by atoms with E-state index in [1.54, 1.807) is 19.0 Å². The SMILES string of the molecule is BC(=O)NCCN(CCN(CCNB(C)O)C(B)=O)C(=O)C[C@H](NB(C)O)C(=O)OCc1ccccc1. The fraction of sp³-hybridized carbons (Fsp3) is 0.524. The van der Waals surface area contributed by atoms with Crippen molar-refractivity contribution in [2.45, 2.75) is 32.7 Å². The van der Waals surface area contributed by atoms with Gasteiger partial charge in [-0.15, -0.1) is 0 Å². The second-order valence-electron chi connectivity index (χ2n) is 8.69. The molecule has 1 aromatic rings. The molecule has 0 unspecified atom stereocenters. The van der Waals surface area contributed by atoms with E-state index < -0.39 is 32.0 Å². The van der Waals surface area contributed by atoms with Crippen molar-refractivity contribution in [1.29, 1.82) is 0 Å². The van der Waals surface area contributed by atoms with Gasteiger partial charge in [-0.1, -0.05) is 30.3 Å². The number of benzene rings is 1. The van der Waals surface area contributed by atoms with E-state index in [-0.39, 0.29) is 50.8 Å². The van der Waals surface area contributed by atoms with E-state index in [0.29, 0.717) is 13.1 Å². The Balaban J connectivity index is 2.86. The molecule has 0 fully saturated rings. The summed E-state index contributed by atoms with van der Waals surface area (Å²) in [7, 11) is 0.996. The highest BCUT2D eigenvalue weighted by Gasteiger charge is 2.28. The summed E-state index contributed by atoms with van der Waals surface area (Å²) < 4.78 is 5.36. The van der Waals surface area contributed by atoms with Gasteiger partial charge in [0.05, 0.1) is 6.42 Å². The molecule has 0 aromatic heterocycles. The van der Waals surface area contributed by atoms with Crippen LogP contribution in [0, 0.1) is 0 Å². The predicted octanol–water partition coefficient (Wildman–Crippen LogP) is -2.89. The average molecular weight is 515 g/mol. The Morgan fingerprint density at radius 2 is 1.57 bits per heavy atom. The van der Waals surface area contributed by atoms with Gasteiger partial charge in [0, 0.05) is 39.3 Å². The van der Waals surface area contributed by atoms with Crippen molar-refractivity contribution in [3.05, 3.63) is 35.9 Å². The third-order valence-corrected chi connectivity index (χ3v) is 5.34. The molecule has 200 valence electrons. The minimum atomic E-state index is -1.10. The van der Waals surface area contributed by atoms with Gasteiger partial charge in [0.2, 0.25) is 21.6 Å². The Morgan fingerprint density at radius 3 is 2.14 bits per heavy atom. The molecule has 0 aliphatic heterocycles. The van der Waals surface area contributed by atoms with E-state index in [9.17, 15) is 29.2 Å². The first-order valence-electron chi connectivity index (χ1n) is 12.3. The lowest BCUT2D eigenvalue weighted by Crippen LogP contribution is -2.50. The Morgan fingerprint density at radius 1 is 0.946 bits per heavy atom. The molecule has 0 aliphatic rings. The number of nitrogens with one attached hydrogen (secondary N) is 3. The maximum absolute atomic E-state index is 13.2. The summed E-state index contributed by atoms with van der Waals surface area (Å²) >= 11 is 0. The van der Waals surface area contributed by atoms with Gasteiger partial charge in [-0.25, -0.2) is 0 Å². The maximum atomic E-state index is 13.2. The molecule has 0 saturated carbocycles. The number of carbonyl (C=O) groups is 4. The van der Waals surface area contributed by atoms with Crippen LogP contribution in [0.2, 0.25) is 13.6 Å². The lowest BCUT2D eigenvalue weighted by molar-refractivity contribution is -0.149. The van der Waals surface area contributed by atoms with Crippen LogP contribution >= 0.6 is 0 Å². The Labute approximate surface area is 220 Å². The Hall–Kier alpha value is -2.80. The van der Waals surface area contributed by atoms with Gasteiger partial charge < -0.3 is 40.4 Å². The standard InChI is InChI=1S/C21H37B4N5O7/c1-24(35)27-9-11-30(21(23)34)13-12-29(10-8-26-20(22)33)18(31)14-17(28-25(2)36)19(32)37-15-16-6-4-3-5-7-16/h3-7,17,27-28,35-36H,8-15,22-23H2,1-2H3,(H,26,33)/t17-/m0/s1. The van der Waals surface area contributed by atoms with E-state index >= 15 is 0 Å². The van der Waals surface area contributed by atoms with Crippen LogP contribution in [0.25, 0.3) is 0 Å². The van der Waals surface area contributed by atoms with Crippen molar-refractivity contribution >= 4 is 53.3 Å². The molecule has 12 nitrogen and oxygen atoms in total. The first-order valence-corrected chi connectivity index (χ1v) is 12.3. The van der Waals surface area contributed by atoms with Crippen molar-refractivity contribution in [2.75, 3.05) is 39.3 Å². The fourth-order valence-corrected chi connectivity index (χ4v) is 3.44. The number of nitrogens with zero attached hydrogens (tertiary/aromatic N) is 2. The van der Waals surface area contributed by atoms with E-state index in [1.165, 1.54) is 32.3 Å². The van der Waals surface area contributed by atoms with Crippen LogP contribution in [0.1, 0.15) is 12.0 Å². The van der Waals surface area contributed by atoms with E-state index in [1.807, 2.05) is 18.2 Å². The zero-order valence-corrected chi connectivity index (χ0v) is 22.1. The largest absolute Gasteiger partial charge is 0.460 e. The maximum Gasteiger partial charge on any atom is 0.374 e. The lowest BCUT2D eigenvalue weighted by Gasteiger charge is -2.29. The van der Waals surface area contributed by atoms with Crippen molar-refractivity contribution in [1.82, 2.24) is 25.6 Å². The number of carbonyl (C=O) groups excluding carboxylic acids is 4. The number of rotatable bonds is 17. The van der Waals surface area contributed by atoms with Crippen LogP contribution < -0.4 is 15.8 Å². The zero-order valence-electron chi connectivity index (χ0n) is 22.1. The molecule has 3 amide bonds. The van der Waals surface area contributed by atoms with Gasteiger partial charge in [-0.05, 0) is 19.2 Å². The number of esters is 1. The molecule has 37 heavy (non-hydrogen) atoms. The first kappa shape index (κ1) is 32.2. The quantitative estimate of drug-likeness (QED) is 0.109. The molecule has 1 atom stereocenters. The van der Waals surface area contributed by atoms with E-state index in [2.05, 4.69) is 15.8 Å². The summed E-state index contributed by atoms with van der Waals surface area (Å²) in [4.78, 5) is 52.3. The van der Waals surface area contributed by atoms with E-state index in [4.69, 9.17) is 4.74 Å². The molecule has 16 heteroatoms. The molecule has 0 saturated heterocycles. The van der Waals surface area contributed by atoms with Gasteiger partial charge in [-0.3, -0.25) is 19.2 Å². The lowest BCUT2D eigenvalue weighted by atomic mass is 9.86. The number of amides is 3. The summed E-state index contributed by atoms with van der Waals surface area (Å²) in [6.07, 6.45) is -0.289. The number of hydrogen-bond acceptors (Lipinski definition) is 9. The topological polar surface area (TPSA) is 161 Å². The number of hydrogen-bond donors (Lipinski definition) is 5. The van der Waals surface area contributed by atoms with Gasteiger partial charge in [0.15, 0.2) is 11.6 Å². The van der Waals surface area contributed by atoms with Crippen molar-refractivity contribution in [3.63, 3.8) is 0 Å². The molecule has 5 N–H and O–H groups in total. The van der Waals surface area contributed by atoms with Crippen LogP contribution in [-0.4, -0.2) is 118 Å². The third-order valence-electron chi connectivity index (χ3n) is 5.34. The summed E-state index contributed by atoms with van der Waals surface area (Å²) in [6, 6.07) is 7.98. The van der Waals surface area contributed by atoms with E-state index in [0.717, 1.165) is 5.56 Å². The first-order chi connectivity index (χ1) is 17.5. The molecule has 0 aliphatic carbocycles. The second-order valence-corrected chi connectivity index (χ2v) is 8.69. The highest BCUT2D eigenvalue weighted by molar-refractivity contribution is 6.57. The van der Waals surface area contributed by atoms with Crippen molar-refractivity contribution < 1.29 is 34.0 Å². The number of ether oxygens (including phenoxy) is 1. The predicted molar refractivity (Wildman–Crippen MR) is 147 cm³/mol. The van der Waals surface area contributed by atoms with Crippen molar-refractivity contribution in [3.8, 4) is 0 Å². The summed E-state index contributed by atoms with van der Waals surface area (Å²) in [5.74, 6) is -1.54. The Kier molecular flexibility index (Phi) is 15.3. The molecule has 0 heterocycles. The molecular formula is C21H37B4N5O7. The highest BCUT2D eigenvalue weighted by Crippen LogP contribution is 2.07. The molecule has 0 spiro atoms. The highest BCUT2D eigenvalue weighted by atomic mass is 16.5. The average Bonchev–Trinajstić information content (AvgIpc) is 2.82. The normalized spacial score (nSPS) is 11.2. The summed E-state index contributed by atoms with van der Waals surface area (Å²) in [5, 5.41) is 27.3. The minimum absolute atomic E-state index is 0.0200. The Bertz CT molecular complexity index is 867. The minimum Gasteiger partial charge on any atom is -0.460 e. The third kappa shape index (κ3) is 14.5. The fourth-order valence-electron chi connectivity index (χ4n) is 3.44. The van der Waals surface area contributed by atoms with Gasteiger partial charge in [0.25, 0.3) is 0 Å².